The molecule has 0 amide bonds. The van der Waals surface area contributed by atoms with Gasteiger partial charge in [-0.3, -0.25) is 0 Å². The number of nitrogens with zero attached hydrogens (tertiary/aromatic N) is 1. The van der Waals surface area contributed by atoms with Gasteiger partial charge >= 0.3 is 0 Å². The van der Waals surface area contributed by atoms with Crippen LogP contribution in [0.15, 0.2) is 192 Å². The van der Waals surface area contributed by atoms with Crippen molar-refractivity contribution in [3.05, 3.63) is 199 Å². The molecule has 0 N–H and O–H groups in total. The minimum absolute atomic E-state index is 0.156. The highest BCUT2D eigenvalue weighted by molar-refractivity contribution is 6.19. The van der Waals surface area contributed by atoms with E-state index in [2.05, 4.69) is 207 Å². The van der Waals surface area contributed by atoms with Gasteiger partial charge in [-0.2, -0.15) is 0 Å². The monoisotopic (exact) mass is 703 g/mol. The van der Waals surface area contributed by atoms with Crippen molar-refractivity contribution in [1.82, 2.24) is 0 Å². The lowest BCUT2D eigenvalue weighted by Crippen LogP contribution is -2.17. The summed E-state index contributed by atoms with van der Waals surface area (Å²) >= 11 is 0. The van der Waals surface area contributed by atoms with E-state index in [1.54, 1.807) is 0 Å². The van der Waals surface area contributed by atoms with Gasteiger partial charge in [0.05, 0.1) is 11.4 Å². The zero-order chi connectivity index (χ0) is 36.7. The van der Waals surface area contributed by atoms with Gasteiger partial charge in [0.15, 0.2) is 0 Å². The maximum Gasteiger partial charge on any atom is 0.136 e. The third kappa shape index (κ3) is 4.81. The first-order valence-electron chi connectivity index (χ1n) is 19.1. The van der Waals surface area contributed by atoms with Crippen LogP contribution in [-0.4, -0.2) is 0 Å². The molecule has 0 saturated carbocycles. The summed E-state index contributed by atoms with van der Waals surface area (Å²) < 4.78 is 6.61. The van der Waals surface area contributed by atoms with Gasteiger partial charge in [0.2, 0.25) is 0 Å². The van der Waals surface area contributed by atoms with E-state index in [0.29, 0.717) is 0 Å². The van der Waals surface area contributed by atoms with E-state index < -0.39 is 0 Å². The zero-order valence-corrected chi connectivity index (χ0v) is 30.8. The van der Waals surface area contributed by atoms with Crippen LogP contribution in [-0.2, 0) is 5.41 Å². The number of hydrogen-bond acceptors (Lipinski definition) is 2. The molecule has 0 saturated heterocycles. The van der Waals surface area contributed by atoms with Gasteiger partial charge in [-0.05, 0) is 97.6 Å². The Labute approximate surface area is 320 Å². The van der Waals surface area contributed by atoms with E-state index in [4.69, 9.17) is 4.42 Å². The smallest absolute Gasteiger partial charge is 0.136 e. The lowest BCUT2D eigenvalue weighted by atomic mass is 9.82. The van der Waals surface area contributed by atoms with Crippen molar-refractivity contribution in [3.63, 3.8) is 0 Å². The topological polar surface area (TPSA) is 16.4 Å². The lowest BCUT2D eigenvalue weighted by Gasteiger charge is -2.31. The number of hydrogen-bond donors (Lipinski definition) is 0. The van der Waals surface area contributed by atoms with Crippen LogP contribution in [0.1, 0.15) is 25.0 Å². The minimum Gasteiger partial charge on any atom is -0.456 e. The number of rotatable bonds is 5. The Morgan fingerprint density at radius 2 is 1.09 bits per heavy atom. The summed E-state index contributed by atoms with van der Waals surface area (Å²) in [5.41, 5.74) is 14.9. The van der Waals surface area contributed by atoms with Crippen LogP contribution in [0.25, 0.3) is 76.9 Å². The van der Waals surface area contributed by atoms with E-state index in [0.717, 1.165) is 50.1 Å². The van der Waals surface area contributed by atoms with Crippen molar-refractivity contribution in [2.45, 2.75) is 19.3 Å². The largest absolute Gasteiger partial charge is 0.456 e. The van der Waals surface area contributed by atoms with Gasteiger partial charge in [-0.1, -0.05) is 159 Å². The molecule has 0 unspecified atom stereocenters. The van der Waals surface area contributed by atoms with Crippen molar-refractivity contribution in [1.29, 1.82) is 0 Å². The van der Waals surface area contributed by atoms with E-state index >= 15 is 0 Å². The molecular formula is C53H37NO. The predicted octanol–water partition coefficient (Wildman–Crippen LogP) is 15.0. The van der Waals surface area contributed by atoms with Gasteiger partial charge in [0.1, 0.15) is 11.2 Å². The van der Waals surface area contributed by atoms with Crippen molar-refractivity contribution in [3.8, 4) is 33.4 Å². The second-order valence-corrected chi connectivity index (χ2v) is 15.3. The average molecular weight is 704 g/mol. The summed E-state index contributed by atoms with van der Waals surface area (Å²) in [6.45, 7) is 4.72. The number of fused-ring (bicyclic) bond motifs is 9. The molecule has 260 valence electrons. The van der Waals surface area contributed by atoms with Crippen LogP contribution in [0.4, 0.5) is 17.1 Å². The van der Waals surface area contributed by atoms with Crippen LogP contribution < -0.4 is 4.90 Å². The average Bonchev–Trinajstić information content (AvgIpc) is 3.73. The molecule has 0 atom stereocenters. The maximum atomic E-state index is 6.61. The highest BCUT2D eigenvalue weighted by atomic mass is 16.3. The second-order valence-electron chi connectivity index (χ2n) is 15.3. The minimum atomic E-state index is -0.156. The molecule has 1 heterocycles. The van der Waals surface area contributed by atoms with E-state index in [1.807, 2.05) is 0 Å². The predicted molar refractivity (Wildman–Crippen MR) is 232 cm³/mol. The van der Waals surface area contributed by atoms with Gasteiger partial charge in [0, 0.05) is 32.8 Å². The normalized spacial score (nSPS) is 13.1. The molecular weight excluding hydrogens is 667 g/mol. The molecule has 0 bridgehead atoms. The summed E-state index contributed by atoms with van der Waals surface area (Å²) in [7, 11) is 0. The summed E-state index contributed by atoms with van der Waals surface area (Å²) in [5, 5.41) is 7.11. The standard InChI is InChI=1S/C53H37NO/c1-53(2)45-25-12-10-22-41(45)42-28-27-38(33-46(42)53)54(48-32-36-17-6-7-20-39(36)40-21-8-9-23-43(40)48)47-29-30-50-52(44-24-11-13-26-49(44)55-50)51(47)37-19-14-18-35(31-37)34-15-4-3-5-16-34/h3-33H,1-2H3. The van der Waals surface area contributed by atoms with Crippen molar-refractivity contribution < 1.29 is 4.42 Å². The Hall–Kier alpha value is -6.90. The van der Waals surface area contributed by atoms with Crippen molar-refractivity contribution >= 4 is 60.5 Å². The summed E-state index contributed by atoms with van der Waals surface area (Å²) in [6.07, 6.45) is 0. The third-order valence-electron chi connectivity index (χ3n) is 11.8. The first-order chi connectivity index (χ1) is 27.0. The van der Waals surface area contributed by atoms with Crippen LogP contribution in [0.2, 0.25) is 0 Å². The van der Waals surface area contributed by atoms with Crippen LogP contribution >= 0.6 is 0 Å². The number of benzene rings is 9. The van der Waals surface area contributed by atoms with Gasteiger partial charge in [0.25, 0.3) is 0 Å². The van der Waals surface area contributed by atoms with Crippen LogP contribution in [0.5, 0.6) is 0 Å². The molecule has 10 aromatic rings. The fourth-order valence-electron chi connectivity index (χ4n) is 9.23. The molecule has 2 heteroatoms. The number of para-hydroxylation sites is 1. The Morgan fingerprint density at radius 3 is 1.96 bits per heavy atom. The summed E-state index contributed by atoms with van der Waals surface area (Å²) in [4.78, 5) is 2.51. The van der Waals surface area contributed by atoms with E-state index in [-0.39, 0.29) is 5.41 Å². The highest BCUT2D eigenvalue weighted by Gasteiger charge is 2.36. The molecule has 1 aliphatic carbocycles. The highest BCUT2D eigenvalue weighted by Crippen LogP contribution is 2.53. The fraction of sp³-hybridized carbons (Fsp3) is 0.0566. The van der Waals surface area contributed by atoms with Crippen molar-refractivity contribution in [2.24, 2.45) is 0 Å². The van der Waals surface area contributed by atoms with Gasteiger partial charge in [-0.25, -0.2) is 0 Å². The molecule has 0 fully saturated rings. The molecule has 1 aromatic heterocycles. The SMILES string of the molecule is CC1(C)c2ccccc2-c2ccc(N(c3ccc4oc5ccccc5c4c3-c3cccc(-c4ccccc4)c3)c3cc4ccccc4c4ccccc34)cc21. The Balaban J connectivity index is 1.27. The second kappa shape index (κ2) is 12.1. The molecule has 0 radical (unpaired) electrons. The number of furan rings is 1. The molecule has 9 aromatic carbocycles. The Bertz CT molecular complexity index is 3130. The molecule has 55 heavy (non-hydrogen) atoms. The molecule has 2 nitrogen and oxygen atoms in total. The lowest BCUT2D eigenvalue weighted by molar-refractivity contribution is 0.660. The molecule has 11 rings (SSSR count). The summed E-state index contributed by atoms with van der Waals surface area (Å²) in [5.74, 6) is 0. The molecule has 0 aliphatic heterocycles. The first kappa shape index (κ1) is 31.6. The van der Waals surface area contributed by atoms with Gasteiger partial charge < -0.3 is 9.32 Å². The fourth-order valence-corrected chi connectivity index (χ4v) is 9.23. The number of anilines is 3. The van der Waals surface area contributed by atoms with Crippen molar-refractivity contribution in [2.75, 3.05) is 4.90 Å². The van der Waals surface area contributed by atoms with E-state index in [1.165, 1.54) is 54.9 Å². The maximum absolute atomic E-state index is 6.61. The van der Waals surface area contributed by atoms with Gasteiger partial charge in [-0.15, -0.1) is 0 Å². The molecule has 1 aliphatic rings. The van der Waals surface area contributed by atoms with E-state index in [9.17, 15) is 0 Å². The zero-order valence-electron chi connectivity index (χ0n) is 30.8. The third-order valence-corrected chi connectivity index (χ3v) is 11.8. The Morgan fingerprint density at radius 1 is 0.418 bits per heavy atom. The first-order valence-corrected chi connectivity index (χ1v) is 19.1. The Kier molecular flexibility index (Phi) is 6.93. The quantitative estimate of drug-likeness (QED) is 0.166. The van der Waals surface area contributed by atoms with Crippen LogP contribution in [0, 0.1) is 0 Å². The van der Waals surface area contributed by atoms with Crippen LogP contribution in [0.3, 0.4) is 0 Å². The summed E-state index contributed by atoms with van der Waals surface area (Å²) in [6, 6.07) is 68.5. The molecule has 0 spiro atoms.